The van der Waals surface area contributed by atoms with Crippen LogP contribution in [0.4, 0.5) is 0 Å². The number of aromatic amines is 1. The summed E-state index contributed by atoms with van der Waals surface area (Å²) in [5, 5.41) is 11.8. The number of aliphatic hydroxyl groups excluding tert-OH is 1. The van der Waals surface area contributed by atoms with Gasteiger partial charge in [-0.3, -0.25) is 9.79 Å². The predicted octanol–water partition coefficient (Wildman–Crippen LogP) is 5.77. The third kappa shape index (κ3) is 4.03. The molecular formula is C31H33N3O2. The van der Waals surface area contributed by atoms with E-state index >= 15 is 0 Å². The topological polar surface area (TPSA) is 77.5 Å². The van der Waals surface area contributed by atoms with Gasteiger partial charge in [0.05, 0.1) is 18.0 Å². The number of aryl methyl sites for hydroxylation is 1. The highest BCUT2D eigenvalue weighted by Crippen LogP contribution is 2.42. The molecule has 0 saturated heterocycles. The molecule has 1 aliphatic carbocycles. The third-order valence-electron chi connectivity index (χ3n) is 7.51. The summed E-state index contributed by atoms with van der Waals surface area (Å²) in [5.41, 5.74) is 14.8. The van der Waals surface area contributed by atoms with Crippen molar-refractivity contribution in [1.29, 1.82) is 0 Å². The molecule has 3 N–H and O–H groups in total. The van der Waals surface area contributed by atoms with Gasteiger partial charge in [0, 0.05) is 34.7 Å². The molecule has 0 fully saturated rings. The number of hydrogen-bond donors (Lipinski definition) is 3. The monoisotopic (exact) mass is 479 g/mol. The zero-order valence-electron chi connectivity index (χ0n) is 21.5. The number of rotatable bonds is 6. The molecule has 1 aliphatic heterocycles. The van der Waals surface area contributed by atoms with Gasteiger partial charge in [0.1, 0.15) is 0 Å². The van der Waals surface area contributed by atoms with Crippen molar-refractivity contribution in [3.63, 3.8) is 0 Å². The van der Waals surface area contributed by atoms with Gasteiger partial charge in [-0.15, -0.1) is 0 Å². The van der Waals surface area contributed by atoms with E-state index in [0.717, 1.165) is 47.5 Å². The van der Waals surface area contributed by atoms with Gasteiger partial charge in [-0.25, -0.2) is 0 Å². The average Bonchev–Trinajstić information content (AvgIpc) is 3.38. The Morgan fingerprint density at radius 2 is 1.75 bits per heavy atom. The number of nitrogens with zero attached hydrogens (tertiary/aromatic N) is 1. The molecule has 1 amide bonds. The molecule has 3 aromatic rings. The van der Waals surface area contributed by atoms with Crippen molar-refractivity contribution < 1.29 is 9.90 Å². The molecule has 2 aromatic carbocycles. The molecule has 0 unspecified atom stereocenters. The number of amides is 1. The second kappa shape index (κ2) is 9.75. The number of aliphatic hydroxyl groups is 1. The van der Waals surface area contributed by atoms with Gasteiger partial charge in [0.25, 0.3) is 5.91 Å². The van der Waals surface area contributed by atoms with E-state index in [1.807, 2.05) is 24.3 Å². The number of fused-ring (bicyclic) bond motifs is 3. The molecule has 184 valence electrons. The second-order valence-electron chi connectivity index (χ2n) is 9.57. The minimum atomic E-state index is -0.188. The molecule has 2 aliphatic rings. The molecule has 2 heterocycles. The van der Waals surface area contributed by atoms with Crippen LogP contribution in [-0.4, -0.2) is 34.9 Å². The number of aromatic nitrogens is 1. The van der Waals surface area contributed by atoms with Gasteiger partial charge < -0.3 is 15.4 Å². The lowest BCUT2D eigenvalue weighted by atomic mass is 9.87. The molecule has 1 aromatic heterocycles. The van der Waals surface area contributed by atoms with Crippen LogP contribution in [0.1, 0.15) is 65.5 Å². The molecule has 5 nitrogen and oxygen atoms in total. The highest BCUT2D eigenvalue weighted by atomic mass is 16.3. The van der Waals surface area contributed by atoms with Crippen LogP contribution in [-0.2, 0) is 12.8 Å². The fraction of sp³-hybridized carbons (Fsp3) is 0.290. The number of carbonyl (C=O) groups excluding carboxylic acids is 1. The van der Waals surface area contributed by atoms with E-state index in [2.05, 4.69) is 62.3 Å². The summed E-state index contributed by atoms with van der Waals surface area (Å²) in [5.74, 6) is -0.188. The molecule has 5 heteroatoms. The number of allylic oxidation sites excluding steroid dienone is 2. The van der Waals surface area contributed by atoms with Crippen molar-refractivity contribution in [2.75, 3.05) is 13.2 Å². The van der Waals surface area contributed by atoms with E-state index in [1.165, 1.54) is 39.1 Å². The molecular weight excluding hydrogens is 446 g/mol. The van der Waals surface area contributed by atoms with Crippen LogP contribution in [0.15, 0.2) is 70.4 Å². The van der Waals surface area contributed by atoms with Crippen LogP contribution in [0.25, 0.3) is 16.8 Å². The van der Waals surface area contributed by atoms with Crippen molar-refractivity contribution >= 4 is 17.2 Å². The van der Waals surface area contributed by atoms with Crippen LogP contribution in [0.3, 0.4) is 0 Å². The summed E-state index contributed by atoms with van der Waals surface area (Å²) in [6.45, 7) is 8.80. The summed E-state index contributed by atoms with van der Waals surface area (Å²) in [4.78, 5) is 21.3. The van der Waals surface area contributed by atoms with Crippen molar-refractivity contribution in [2.45, 2.75) is 47.0 Å². The Hall–Kier alpha value is -3.70. The first kappa shape index (κ1) is 24.0. The highest BCUT2D eigenvalue weighted by molar-refractivity contribution is 6.05. The largest absolute Gasteiger partial charge is 0.395 e. The molecule has 0 spiro atoms. The maximum Gasteiger partial charge on any atom is 0.251 e. The van der Waals surface area contributed by atoms with Crippen LogP contribution >= 0.6 is 0 Å². The molecule has 0 bridgehead atoms. The van der Waals surface area contributed by atoms with E-state index in [0.29, 0.717) is 5.56 Å². The number of nitrogens with one attached hydrogen (secondary N) is 2. The Bertz CT molecular complexity index is 1430. The molecule has 0 radical (unpaired) electrons. The maximum atomic E-state index is 12.4. The lowest BCUT2D eigenvalue weighted by Crippen LogP contribution is -2.26. The van der Waals surface area contributed by atoms with Gasteiger partial charge in [-0.2, -0.15) is 0 Å². The number of carbonyl (C=O) groups is 1. The van der Waals surface area contributed by atoms with Crippen LogP contribution in [0.5, 0.6) is 0 Å². The van der Waals surface area contributed by atoms with Crippen LogP contribution in [0.2, 0.25) is 0 Å². The Morgan fingerprint density at radius 1 is 1.03 bits per heavy atom. The summed E-state index contributed by atoms with van der Waals surface area (Å²) >= 11 is 0. The number of aliphatic imine (C=N–C) groups is 1. The van der Waals surface area contributed by atoms with Gasteiger partial charge >= 0.3 is 0 Å². The van der Waals surface area contributed by atoms with E-state index < -0.39 is 0 Å². The number of hydrogen-bond acceptors (Lipinski definition) is 3. The number of H-pyrrole nitrogens is 1. The van der Waals surface area contributed by atoms with Crippen LogP contribution < -0.4 is 5.32 Å². The average molecular weight is 480 g/mol. The number of benzene rings is 2. The van der Waals surface area contributed by atoms with E-state index in [9.17, 15) is 4.79 Å². The molecule has 0 atom stereocenters. The molecule has 0 saturated carbocycles. The second-order valence-corrected chi connectivity index (χ2v) is 9.57. The van der Waals surface area contributed by atoms with Crippen molar-refractivity contribution in [3.05, 3.63) is 98.9 Å². The fourth-order valence-electron chi connectivity index (χ4n) is 5.62. The first-order chi connectivity index (χ1) is 17.4. The molecule has 36 heavy (non-hydrogen) atoms. The van der Waals surface area contributed by atoms with Crippen molar-refractivity contribution in [2.24, 2.45) is 4.99 Å². The normalized spacial score (nSPS) is 16.0. The summed E-state index contributed by atoms with van der Waals surface area (Å²) < 4.78 is 0. The van der Waals surface area contributed by atoms with Crippen molar-refractivity contribution in [3.8, 4) is 11.3 Å². The summed E-state index contributed by atoms with van der Waals surface area (Å²) in [6, 6.07) is 16.4. The van der Waals surface area contributed by atoms with Crippen molar-refractivity contribution in [1.82, 2.24) is 10.3 Å². The Kier molecular flexibility index (Phi) is 6.50. The zero-order valence-corrected chi connectivity index (χ0v) is 21.5. The SMILES string of the molecule is CCC1=C(C)/C(=C(\c2ccc(C(=O)NCCO)cc2)c2[nH]c3c(c2C)CCc2ccccc2-3)N=C1C. The molecule has 5 rings (SSSR count). The maximum absolute atomic E-state index is 12.4. The Balaban J connectivity index is 1.69. The van der Waals surface area contributed by atoms with Gasteiger partial charge in [0.2, 0.25) is 0 Å². The lowest BCUT2D eigenvalue weighted by molar-refractivity contribution is 0.0945. The lowest BCUT2D eigenvalue weighted by Gasteiger charge is -2.16. The fourth-order valence-corrected chi connectivity index (χ4v) is 5.62. The Morgan fingerprint density at radius 3 is 2.44 bits per heavy atom. The van der Waals surface area contributed by atoms with E-state index in [4.69, 9.17) is 10.1 Å². The van der Waals surface area contributed by atoms with Gasteiger partial charge in [-0.05, 0) is 85.6 Å². The first-order valence-electron chi connectivity index (χ1n) is 12.7. The predicted molar refractivity (Wildman–Crippen MR) is 146 cm³/mol. The van der Waals surface area contributed by atoms with Gasteiger partial charge in [-0.1, -0.05) is 43.3 Å². The first-order valence-corrected chi connectivity index (χ1v) is 12.7. The van der Waals surface area contributed by atoms with Crippen LogP contribution in [0, 0.1) is 6.92 Å². The standard InChI is InChI=1S/C31H33N3O2/c1-5-24-18(2)28(33-20(24)4)27(22-10-12-23(13-11-22)31(36)32-16-17-35)29-19(3)25-15-14-21-8-6-7-9-26(21)30(25)34-29/h6-13,34-35H,5,14-17H2,1-4H3,(H,32,36)/b28-27-. The zero-order chi connectivity index (χ0) is 25.4. The Labute approximate surface area is 212 Å². The van der Waals surface area contributed by atoms with E-state index in [-0.39, 0.29) is 19.1 Å². The summed E-state index contributed by atoms with van der Waals surface area (Å²) in [6.07, 6.45) is 3.00. The third-order valence-corrected chi connectivity index (χ3v) is 7.51. The quantitative estimate of drug-likeness (QED) is 0.420. The smallest absolute Gasteiger partial charge is 0.251 e. The van der Waals surface area contributed by atoms with E-state index in [1.54, 1.807) is 0 Å². The highest BCUT2D eigenvalue weighted by Gasteiger charge is 2.28. The minimum Gasteiger partial charge on any atom is -0.395 e. The summed E-state index contributed by atoms with van der Waals surface area (Å²) in [7, 11) is 0. The minimum absolute atomic E-state index is 0.0807. The van der Waals surface area contributed by atoms with Gasteiger partial charge in [0.15, 0.2) is 0 Å².